The molecule has 0 fully saturated rings. The Morgan fingerprint density at radius 1 is 1.06 bits per heavy atom. The van der Waals surface area contributed by atoms with Crippen molar-refractivity contribution >= 4 is 22.6 Å². The number of hydrogen-bond acceptors (Lipinski definition) is 3. The Hall–Kier alpha value is -0.370. The number of hydrogen-bond donors (Lipinski definition) is 1. The largest absolute Gasteiger partial charge is 0.490 e. The Bertz CT molecular complexity index is 323. The van der Waals surface area contributed by atoms with E-state index in [4.69, 9.17) is 14.2 Å². The lowest BCUT2D eigenvalue weighted by Gasteiger charge is -2.08. The Kier molecular flexibility index (Phi) is 9.19. The van der Waals surface area contributed by atoms with Crippen molar-refractivity contribution in [2.45, 2.75) is 0 Å². The molecular weight excluding hydrogens is 345 g/mol. The molecule has 0 bridgehead atoms. The van der Waals surface area contributed by atoms with Gasteiger partial charge in [0.2, 0.25) is 0 Å². The van der Waals surface area contributed by atoms with Crippen LogP contribution in [0.1, 0.15) is 0 Å². The smallest absolute Gasteiger partial charge is 0.132 e. The van der Waals surface area contributed by atoms with Gasteiger partial charge < -0.3 is 19.5 Å². The van der Waals surface area contributed by atoms with Gasteiger partial charge in [-0.3, -0.25) is 0 Å². The molecule has 2 N–H and O–H groups in total. The van der Waals surface area contributed by atoms with E-state index in [2.05, 4.69) is 27.9 Å². The summed E-state index contributed by atoms with van der Waals surface area (Å²) in [7, 11) is 1.71. The number of para-hydroxylation sites is 1. The van der Waals surface area contributed by atoms with Gasteiger partial charge in [-0.15, -0.1) is 0 Å². The molecule has 0 aromatic heterocycles. The van der Waals surface area contributed by atoms with Crippen LogP contribution in [0, 0.1) is 3.57 Å². The maximum Gasteiger partial charge on any atom is 0.132 e. The highest BCUT2D eigenvalue weighted by molar-refractivity contribution is 14.1. The first-order chi connectivity index (χ1) is 8.84. The summed E-state index contributed by atoms with van der Waals surface area (Å²) in [4.78, 5) is 0. The van der Waals surface area contributed by atoms with Gasteiger partial charge in [-0.1, -0.05) is 12.1 Å². The summed E-state index contributed by atoms with van der Waals surface area (Å²) in [5, 5.41) is 2.19. The maximum absolute atomic E-state index is 5.62. The van der Waals surface area contributed by atoms with Crippen molar-refractivity contribution in [3.8, 4) is 5.75 Å². The molecule has 4 nitrogen and oxygen atoms in total. The van der Waals surface area contributed by atoms with Crippen molar-refractivity contribution in [3.63, 3.8) is 0 Å². The summed E-state index contributed by atoms with van der Waals surface area (Å²) in [6.45, 7) is 4.71. The molecule has 0 aliphatic rings. The van der Waals surface area contributed by atoms with Gasteiger partial charge >= 0.3 is 0 Å². The third kappa shape index (κ3) is 7.15. The van der Waals surface area contributed by atoms with Crippen molar-refractivity contribution in [3.05, 3.63) is 27.8 Å². The molecule has 0 amide bonds. The molecule has 0 unspecified atom stereocenters. The predicted octanol–water partition coefficient (Wildman–Crippen LogP) is 0.896. The number of benzene rings is 1. The minimum absolute atomic E-state index is 0.595. The highest BCUT2D eigenvalue weighted by atomic mass is 127. The van der Waals surface area contributed by atoms with Gasteiger partial charge in [0.1, 0.15) is 12.4 Å². The summed E-state index contributed by atoms with van der Waals surface area (Å²) in [6.07, 6.45) is 0. The minimum Gasteiger partial charge on any atom is -0.490 e. The van der Waals surface area contributed by atoms with Crippen LogP contribution in [0.15, 0.2) is 24.3 Å². The van der Waals surface area contributed by atoms with E-state index in [-0.39, 0.29) is 0 Å². The van der Waals surface area contributed by atoms with Crippen molar-refractivity contribution in [1.29, 1.82) is 0 Å². The van der Waals surface area contributed by atoms with Crippen LogP contribution in [0.5, 0.6) is 5.75 Å². The molecule has 0 saturated carbocycles. The topological polar surface area (TPSA) is 44.3 Å². The van der Waals surface area contributed by atoms with Crippen molar-refractivity contribution in [1.82, 2.24) is 0 Å². The molecule has 0 saturated heterocycles. The van der Waals surface area contributed by atoms with Crippen molar-refractivity contribution in [2.75, 3.05) is 46.6 Å². The number of nitrogens with two attached hydrogens (primary N) is 1. The van der Waals surface area contributed by atoms with E-state index in [1.54, 1.807) is 7.11 Å². The SMILES string of the molecule is COCC[NH2+]CCOCCOc1ccccc1I. The van der Waals surface area contributed by atoms with Crippen LogP contribution in [0.4, 0.5) is 0 Å². The highest BCUT2D eigenvalue weighted by Gasteiger charge is 1.98. The molecule has 1 aromatic carbocycles. The Labute approximate surface area is 122 Å². The van der Waals surface area contributed by atoms with Gasteiger partial charge in [0.15, 0.2) is 0 Å². The zero-order chi connectivity index (χ0) is 13.1. The van der Waals surface area contributed by atoms with E-state index in [0.717, 1.165) is 35.6 Å². The number of quaternary nitrogens is 1. The molecule has 1 rings (SSSR count). The second-order valence-electron chi connectivity index (χ2n) is 3.75. The van der Waals surface area contributed by atoms with Gasteiger partial charge in [-0.25, -0.2) is 0 Å². The summed E-state index contributed by atoms with van der Waals surface area (Å²) < 4.78 is 17.2. The van der Waals surface area contributed by atoms with Gasteiger partial charge in [0.05, 0.1) is 36.5 Å². The monoisotopic (exact) mass is 366 g/mol. The zero-order valence-electron chi connectivity index (χ0n) is 10.7. The third-order valence-electron chi connectivity index (χ3n) is 2.31. The number of ether oxygens (including phenoxy) is 3. The van der Waals surface area contributed by atoms with Crippen molar-refractivity contribution in [2.24, 2.45) is 0 Å². The van der Waals surface area contributed by atoms with E-state index in [9.17, 15) is 0 Å². The van der Waals surface area contributed by atoms with Gasteiger partial charge in [-0.2, -0.15) is 0 Å². The number of methoxy groups -OCH3 is 1. The van der Waals surface area contributed by atoms with Gasteiger partial charge in [0, 0.05) is 7.11 Å². The first kappa shape index (κ1) is 15.7. The quantitative estimate of drug-likeness (QED) is 0.494. The molecule has 0 aliphatic heterocycles. The van der Waals surface area contributed by atoms with E-state index in [1.807, 2.05) is 24.3 Å². The molecule has 102 valence electrons. The molecule has 0 heterocycles. The Morgan fingerprint density at radius 3 is 2.61 bits per heavy atom. The van der Waals surface area contributed by atoms with E-state index in [1.165, 1.54) is 0 Å². The molecule has 0 spiro atoms. The zero-order valence-corrected chi connectivity index (χ0v) is 12.9. The Balaban J connectivity index is 1.94. The fourth-order valence-electron chi connectivity index (χ4n) is 1.39. The fourth-order valence-corrected chi connectivity index (χ4v) is 1.93. The molecular formula is C13H21INO3+. The molecule has 18 heavy (non-hydrogen) atoms. The average Bonchev–Trinajstić information content (AvgIpc) is 2.39. The lowest BCUT2D eigenvalue weighted by Crippen LogP contribution is -2.86. The second-order valence-corrected chi connectivity index (χ2v) is 4.91. The lowest BCUT2D eigenvalue weighted by molar-refractivity contribution is -0.657. The minimum atomic E-state index is 0.595. The van der Waals surface area contributed by atoms with E-state index >= 15 is 0 Å². The van der Waals surface area contributed by atoms with E-state index in [0.29, 0.717) is 13.2 Å². The first-order valence-electron chi connectivity index (χ1n) is 6.10. The third-order valence-corrected chi connectivity index (χ3v) is 3.21. The van der Waals surface area contributed by atoms with Crippen LogP contribution >= 0.6 is 22.6 Å². The van der Waals surface area contributed by atoms with Crippen LogP contribution < -0.4 is 10.1 Å². The van der Waals surface area contributed by atoms with Crippen LogP contribution in [-0.4, -0.2) is 46.6 Å². The summed E-state index contributed by atoms with van der Waals surface area (Å²) in [5.41, 5.74) is 0. The number of rotatable bonds is 10. The van der Waals surface area contributed by atoms with Crippen LogP contribution in [0.3, 0.4) is 0 Å². The van der Waals surface area contributed by atoms with Crippen LogP contribution in [0.25, 0.3) is 0 Å². The molecule has 1 aromatic rings. The summed E-state index contributed by atoms with van der Waals surface area (Å²) in [5.74, 6) is 0.924. The highest BCUT2D eigenvalue weighted by Crippen LogP contribution is 2.19. The van der Waals surface area contributed by atoms with Crippen LogP contribution in [0.2, 0.25) is 0 Å². The molecule has 5 heteroatoms. The Morgan fingerprint density at radius 2 is 1.83 bits per heavy atom. The first-order valence-corrected chi connectivity index (χ1v) is 7.18. The second kappa shape index (κ2) is 10.5. The number of halogens is 1. The van der Waals surface area contributed by atoms with Gasteiger partial charge in [-0.05, 0) is 34.7 Å². The summed E-state index contributed by atoms with van der Waals surface area (Å²) in [6, 6.07) is 7.98. The van der Waals surface area contributed by atoms with Crippen molar-refractivity contribution < 1.29 is 19.5 Å². The maximum atomic E-state index is 5.62. The fraction of sp³-hybridized carbons (Fsp3) is 0.538. The van der Waals surface area contributed by atoms with Gasteiger partial charge in [0.25, 0.3) is 0 Å². The average molecular weight is 366 g/mol. The lowest BCUT2D eigenvalue weighted by atomic mass is 10.3. The molecule has 0 atom stereocenters. The molecule has 0 radical (unpaired) electrons. The molecule has 0 aliphatic carbocycles. The van der Waals surface area contributed by atoms with E-state index < -0.39 is 0 Å². The predicted molar refractivity (Wildman–Crippen MR) is 79.0 cm³/mol. The standard InChI is InChI=1S/C13H20INO3/c1-16-8-6-15-7-9-17-10-11-18-13-5-3-2-4-12(13)14/h2-5,15H,6-11H2,1H3/p+1. The van der Waals surface area contributed by atoms with Crippen LogP contribution in [-0.2, 0) is 9.47 Å². The normalized spacial score (nSPS) is 10.6. The summed E-state index contributed by atoms with van der Waals surface area (Å²) >= 11 is 2.26.